The van der Waals surface area contributed by atoms with Gasteiger partial charge in [0, 0.05) is 0 Å². The van der Waals surface area contributed by atoms with Crippen molar-refractivity contribution in [3.8, 4) is 0 Å². The van der Waals surface area contributed by atoms with Gasteiger partial charge in [0.15, 0.2) is 0 Å². The predicted molar refractivity (Wildman–Crippen MR) is 56.3 cm³/mol. The summed E-state index contributed by atoms with van der Waals surface area (Å²) in [5.74, 6) is -0.160. The highest BCUT2D eigenvalue weighted by Crippen LogP contribution is 2.04. The van der Waals surface area contributed by atoms with Crippen LogP contribution in [0.5, 0.6) is 0 Å². The van der Waals surface area contributed by atoms with Crippen molar-refractivity contribution in [1.82, 2.24) is 0 Å². The number of allylic oxidation sites excluding steroid dienone is 2. The van der Waals surface area contributed by atoms with Gasteiger partial charge in [0.2, 0.25) is 0 Å². The van der Waals surface area contributed by atoms with E-state index in [1.807, 2.05) is 39.0 Å². The second-order valence-corrected chi connectivity index (χ2v) is 2.40. The van der Waals surface area contributed by atoms with E-state index >= 15 is 0 Å². The Morgan fingerprint density at radius 2 is 2.00 bits per heavy atom. The van der Waals surface area contributed by atoms with Crippen molar-refractivity contribution in [1.29, 1.82) is 0 Å². The summed E-state index contributed by atoms with van der Waals surface area (Å²) in [7, 11) is 0. The number of halogens is 1. The SMILES string of the molecule is C/C=C/Cc1cccc(F)c1.CC. The zero-order valence-corrected chi connectivity index (χ0v) is 8.55. The molecule has 0 radical (unpaired) electrons. The average molecular weight is 180 g/mol. The van der Waals surface area contributed by atoms with Crippen molar-refractivity contribution in [3.63, 3.8) is 0 Å². The van der Waals surface area contributed by atoms with Gasteiger partial charge in [-0.2, -0.15) is 0 Å². The van der Waals surface area contributed by atoms with E-state index in [4.69, 9.17) is 0 Å². The molecule has 72 valence electrons. The number of hydrogen-bond acceptors (Lipinski definition) is 0. The van der Waals surface area contributed by atoms with Crippen molar-refractivity contribution in [3.05, 3.63) is 47.8 Å². The van der Waals surface area contributed by atoms with Crippen molar-refractivity contribution in [2.75, 3.05) is 0 Å². The fourth-order valence-electron chi connectivity index (χ4n) is 0.918. The maximum atomic E-state index is 12.6. The van der Waals surface area contributed by atoms with E-state index in [1.165, 1.54) is 6.07 Å². The van der Waals surface area contributed by atoms with Crippen LogP contribution in [0.25, 0.3) is 0 Å². The molecule has 0 unspecified atom stereocenters. The van der Waals surface area contributed by atoms with E-state index in [-0.39, 0.29) is 5.82 Å². The lowest BCUT2D eigenvalue weighted by molar-refractivity contribution is 0.626. The molecule has 0 N–H and O–H groups in total. The average Bonchev–Trinajstić information content (AvgIpc) is 2.18. The Balaban J connectivity index is 0.000000671. The molecule has 1 rings (SSSR count). The zero-order valence-electron chi connectivity index (χ0n) is 8.55. The van der Waals surface area contributed by atoms with Gasteiger partial charge in [0.25, 0.3) is 0 Å². The summed E-state index contributed by atoms with van der Waals surface area (Å²) in [5, 5.41) is 0. The van der Waals surface area contributed by atoms with Crippen LogP contribution in [-0.2, 0) is 6.42 Å². The van der Waals surface area contributed by atoms with Crippen LogP contribution in [0.3, 0.4) is 0 Å². The summed E-state index contributed by atoms with van der Waals surface area (Å²) in [6.45, 7) is 5.96. The second-order valence-electron chi connectivity index (χ2n) is 2.40. The molecule has 0 aromatic heterocycles. The van der Waals surface area contributed by atoms with Crippen LogP contribution in [-0.4, -0.2) is 0 Å². The molecule has 0 spiro atoms. The highest BCUT2D eigenvalue weighted by atomic mass is 19.1. The molecule has 0 aliphatic carbocycles. The molecular formula is C12H17F. The van der Waals surface area contributed by atoms with Gasteiger partial charge in [0.05, 0.1) is 0 Å². The smallest absolute Gasteiger partial charge is 0.123 e. The molecule has 0 aliphatic heterocycles. The van der Waals surface area contributed by atoms with E-state index in [2.05, 4.69) is 0 Å². The predicted octanol–water partition coefficient (Wildman–Crippen LogP) is 3.97. The maximum Gasteiger partial charge on any atom is 0.123 e. The molecule has 1 aromatic carbocycles. The van der Waals surface area contributed by atoms with Gasteiger partial charge in [-0.1, -0.05) is 38.1 Å². The molecule has 0 fully saturated rings. The monoisotopic (exact) mass is 180 g/mol. The normalized spacial score (nSPS) is 9.54. The van der Waals surface area contributed by atoms with E-state index < -0.39 is 0 Å². The van der Waals surface area contributed by atoms with Gasteiger partial charge in [-0.3, -0.25) is 0 Å². The van der Waals surface area contributed by atoms with Gasteiger partial charge < -0.3 is 0 Å². The van der Waals surface area contributed by atoms with Crippen LogP contribution >= 0.6 is 0 Å². The lowest BCUT2D eigenvalue weighted by atomic mass is 10.1. The molecule has 0 amide bonds. The summed E-state index contributed by atoms with van der Waals surface area (Å²) >= 11 is 0. The van der Waals surface area contributed by atoms with Gasteiger partial charge in [-0.15, -0.1) is 0 Å². The molecule has 0 nitrogen and oxygen atoms in total. The van der Waals surface area contributed by atoms with Crippen LogP contribution in [0.15, 0.2) is 36.4 Å². The van der Waals surface area contributed by atoms with Crippen molar-refractivity contribution >= 4 is 0 Å². The molecule has 0 aliphatic rings. The van der Waals surface area contributed by atoms with Crippen LogP contribution < -0.4 is 0 Å². The third kappa shape index (κ3) is 5.18. The summed E-state index contributed by atoms with van der Waals surface area (Å²) in [6.07, 6.45) is 4.79. The summed E-state index contributed by atoms with van der Waals surface area (Å²) < 4.78 is 12.6. The minimum absolute atomic E-state index is 0.160. The zero-order chi connectivity index (χ0) is 10.1. The first-order valence-electron chi connectivity index (χ1n) is 4.68. The molecule has 1 heteroatoms. The minimum atomic E-state index is -0.160. The quantitative estimate of drug-likeness (QED) is 0.604. The van der Waals surface area contributed by atoms with Crippen molar-refractivity contribution < 1.29 is 4.39 Å². The Morgan fingerprint density at radius 1 is 1.31 bits per heavy atom. The van der Waals surface area contributed by atoms with Crippen LogP contribution in [0.2, 0.25) is 0 Å². The Morgan fingerprint density at radius 3 is 2.54 bits per heavy atom. The summed E-state index contributed by atoms with van der Waals surface area (Å²) in [5.41, 5.74) is 1.02. The van der Waals surface area contributed by atoms with Gasteiger partial charge in [0.1, 0.15) is 5.82 Å². The highest BCUT2D eigenvalue weighted by Gasteiger charge is 1.90. The molecule has 0 saturated carbocycles. The molecule has 0 saturated heterocycles. The lowest BCUT2D eigenvalue weighted by Gasteiger charge is -1.94. The molecular weight excluding hydrogens is 163 g/mol. The fourth-order valence-corrected chi connectivity index (χ4v) is 0.918. The Hall–Kier alpha value is -1.11. The Bertz CT molecular complexity index is 251. The van der Waals surface area contributed by atoms with E-state index in [0.717, 1.165) is 12.0 Å². The molecule has 13 heavy (non-hydrogen) atoms. The van der Waals surface area contributed by atoms with Gasteiger partial charge in [-0.25, -0.2) is 4.39 Å². The highest BCUT2D eigenvalue weighted by molar-refractivity contribution is 5.18. The van der Waals surface area contributed by atoms with Crippen LogP contribution in [0, 0.1) is 5.82 Å². The molecule has 0 atom stereocenters. The van der Waals surface area contributed by atoms with Crippen LogP contribution in [0.1, 0.15) is 26.3 Å². The van der Waals surface area contributed by atoms with Gasteiger partial charge in [-0.05, 0) is 31.0 Å². The topological polar surface area (TPSA) is 0 Å². The van der Waals surface area contributed by atoms with E-state index in [0.29, 0.717) is 0 Å². The standard InChI is InChI=1S/C10H11F.C2H6/c1-2-3-5-9-6-4-7-10(11)8-9;1-2/h2-4,6-8H,5H2,1H3;1-2H3/b3-2+;. The lowest BCUT2D eigenvalue weighted by Crippen LogP contribution is -1.81. The number of rotatable bonds is 2. The first-order valence-corrected chi connectivity index (χ1v) is 4.68. The van der Waals surface area contributed by atoms with Crippen molar-refractivity contribution in [2.45, 2.75) is 27.2 Å². The fraction of sp³-hybridized carbons (Fsp3) is 0.333. The number of hydrogen-bond donors (Lipinski definition) is 0. The third-order valence-corrected chi connectivity index (χ3v) is 1.48. The number of benzene rings is 1. The Kier molecular flexibility index (Phi) is 6.89. The first kappa shape index (κ1) is 11.9. The van der Waals surface area contributed by atoms with Gasteiger partial charge >= 0.3 is 0 Å². The molecule has 0 heterocycles. The molecule has 0 bridgehead atoms. The van der Waals surface area contributed by atoms with Crippen LogP contribution in [0.4, 0.5) is 4.39 Å². The maximum absolute atomic E-state index is 12.6. The molecule has 1 aromatic rings. The summed E-state index contributed by atoms with van der Waals surface area (Å²) in [6, 6.07) is 6.66. The first-order chi connectivity index (χ1) is 6.33. The largest absolute Gasteiger partial charge is 0.207 e. The third-order valence-electron chi connectivity index (χ3n) is 1.48. The summed E-state index contributed by atoms with van der Waals surface area (Å²) in [4.78, 5) is 0. The Labute approximate surface area is 80.1 Å². The minimum Gasteiger partial charge on any atom is -0.207 e. The second kappa shape index (κ2) is 7.53. The van der Waals surface area contributed by atoms with E-state index in [1.54, 1.807) is 12.1 Å². The van der Waals surface area contributed by atoms with Crippen molar-refractivity contribution in [2.24, 2.45) is 0 Å². The van der Waals surface area contributed by atoms with E-state index in [9.17, 15) is 4.39 Å².